The van der Waals surface area contributed by atoms with Gasteiger partial charge in [0, 0.05) is 44.3 Å². The van der Waals surface area contributed by atoms with E-state index in [-0.39, 0.29) is 70.5 Å². The van der Waals surface area contributed by atoms with Crippen LogP contribution in [-0.2, 0) is 6.54 Å². The first-order chi connectivity index (χ1) is 36.9. The van der Waals surface area contributed by atoms with Gasteiger partial charge in [-0.15, -0.1) is 5.10 Å². The molecule has 3 unspecified atom stereocenters. The molecule has 76 heavy (non-hydrogen) atoms. The van der Waals surface area contributed by atoms with Gasteiger partial charge in [-0.1, -0.05) is 73.7 Å². The minimum absolute atomic E-state index is 0.0208. The van der Waals surface area contributed by atoms with Gasteiger partial charge in [-0.25, -0.2) is 32.2 Å². The molecule has 4 aromatic heterocycles. The summed E-state index contributed by atoms with van der Waals surface area (Å²) in [6.07, 6.45) is 14.3. The van der Waals surface area contributed by atoms with Gasteiger partial charge in [-0.2, -0.15) is 0 Å². The highest BCUT2D eigenvalue weighted by Gasteiger charge is 2.31. The lowest BCUT2D eigenvalue weighted by atomic mass is 9.86. The molecule has 1 fully saturated rings. The largest absolute Gasteiger partial charge is 0.508 e. The Morgan fingerprint density at radius 3 is 1.49 bits per heavy atom. The van der Waals surface area contributed by atoms with E-state index < -0.39 is 40.6 Å². The third kappa shape index (κ3) is 9.70. The molecule has 13 nitrogen and oxygen atoms in total. The molecular weight excluding hydrogens is 977 g/mol. The van der Waals surface area contributed by atoms with E-state index >= 15 is 17.6 Å². The van der Waals surface area contributed by atoms with Crippen molar-refractivity contribution >= 4 is 52.1 Å². The van der Waals surface area contributed by atoms with Crippen molar-refractivity contribution in [2.45, 2.75) is 70.1 Å². The lowest BCUT2D eigenvalue weighted by Crippen LogP contribution is -2.28. The molecule has 2 aliphatic heterocycles. The van der Waals surface area contributed by atoms with Crippen LogP contribution >= 0.6 is 0 Å². The monoisotopic (exact) mass is 1030 g/mol. The number of rotatable bonds is 10. The van der Waals surface area contributed by atoms with E-state index in [0.29, 0.717) is 67.7 Å². The van der Waals surface area contributed by atoms with Crippen LogP contribution in [0.2, 0.25) is 0 Å². The van der Waals surface area contributed by atoms with Gasteiger partial charge in [0.15, 0.2) is 23.3 Å². The number of H-pyrrole nitrogens is 2. The molecule has 3 aliphatic rings. The number of hydrogen-bond donors (Lipinski definition) is 8. The Morgan fingerprint density at radius 2 is 1.01 bits per heavy atom. The molecule has 0 saturated heterocycles. The van der Waals surface area contributed by atoms with Crippen molar-refractivity contribution in [3.8, 4) is 61.8 Å². The van der Waals surface area contributed by atoms with Gasteiger partial charge in [0.05, 0.1) is 59.8 Å². The molecule has 3 atom stereocenters. The Hall–Kier alpha value is -8.54. The lowest BCUT2D eigenvalue weighted by molar-refractivity contribution is 0.0312. The number of fused-ring (bicyclic) bond motifs is 8. The van der Waals surface area contributed by atoms with Gasteiger partial charge in [-0.05, 0) is 127 Å². The number of aromatic amines is 2. The van der Waals surface area contributed by atoms with Crippen molar-refractivity contribution in [1.29, 1.82) is 0 Å². The van der Waals surface area contributed by atoms with Crippen LogP contribution < -0.4 is 5.32 Å². The van der Waals surface area contributed by atoms with Gasteiger partial charge < -0.3 is 40.8 Å². The molecule has 8 aromatic rings. The molecule has 8 N–H and O–H groups in total. The summed E-state index contributed by atoms with van der Waals surface area (Å²) in [5.74, 6) is -7.05. The molecule has 0 spiro atoms. The van der Waals surface area contributed by atoms with E-state index in [1.807, 2.05) is 12.1 Å². The number of halogens is 4. The van der Waals surface area contributed by atoms with Crippen LogP contribution in [0.15, 0.2) is 103 Å². The molecule has 17 heteroatoms. The number of aromatic hydroxyl groups is 3. The number of nitrogens with one attached hydrogen (secondary N) is 3. The van der Waals surface area contributed by atoms with Crippen LogP contribution in [0.1, 0.15) is 85.9 Å². The number of aliphatic hydroxyl groups is 2. The van der Waals surface area contributed by atoms with Crippen LogP contribution in [0.25, 0.3) is 90.9 Å². The zero-order valence-electron chi connectivity index (χ0n) is 40.9. The molecule has 1 aliphatic carbocycles. The summed E-state index contributed by atoms with van der Waals surface area (Å²) in [5, 5.41) is 63.6. The van der Waals surface area contributed by atoms with Gasteiger partial charge in [0.25, 0.3) is 0 Å². The molecule has 386 valence electrons. The summed E-state index contributed by atoms with van der Waals surface area (Å²) in [4.78, 5) is 16.8. The molecule has 6 heterocycles. The fourth-order valence-electron chi connectivity index (χ4n) is 10.8. The van der Waals surface area contributed by atoms with Crippen LogP contribution in [0.4, 0.5) is 23.2 Å². The molecule has 4 aromatic carbocycles. The van der Waals surface area contributed by atoms with Crippen molar-refractivity contribution in [3.63, 3.8) is 0 Å². The first-order valence-corrected chi connectivity index (χ1v) is 25.3. The summed E-state index contributed by atoms with van der Waals surface area (Å²) in [5.41, 5.74) is 3.56. The molecule has 1 saturated carbocycles. The Kier molecular flexibility index (Phi) is 13.7. The Bertz CT molecular complexity index is 3700. The predicted molar refractivity (Wildman–Crippen MR) is 285 cm³/mol. The second kappa shape index (κ2) is 21.0. The fraction of sp³-hybridized carbons (Fsp3) is 0.220. The first kappa shape index (κ1) is 49.7. The second-order valence-electron chi connectivity index (χ2n) is 19.4. The fourth-order valence-corrected chi connectivity index (χ4v) is 10.8. The third-order valence-electron chi connectivity index (χ3n) is 14.5. The number of aromatic nitrogens is 7. The van der Waals surface area contributed by atoms with E-state index in [9.17, 15) is 25.5 Å². The molecule has 0 radical (unpaired) electrons. The first-order valence-electron chi connectivity index (χ1n) is 25.3. The minimum atomic E-state index is -1.70. The number of hydrogen-bond acceptors (Lipinski definition) is 10. The number of aliphatic hydroxyl groups excluding tert-OH is 2. The summed E-state index contributed by atoms with van der Waals surface area (Å²) in [6, 6.07) is 26.2. The van der Waals surface area contributed by atoms with Crippen LogP contribution in [0.3, 0.4) is 0 Å². The zero-order valence-corrected chi connectivity index (χ0v) is 40.9. The van der Waals surface area contributed by atoms with Crippen LogP contribution in [0.5, 0.6) is 17.2 Å². The Labute approximate surface area is 433 Å². The number of anilines is 1. The average molecular weight is 1030 g/mol. The molecule has 0 amide bonds. The highest BCUT2D eigenvalue weighted by atomic mass is 19.2. The zero-order chi connectivity index (χ0) is 52.6. The SMILES string of the molecule is OCC(O)C1CCCCCCCC(n2cc(CNc3c(F)c(F)c(-c4c5nc(c(-c6cccc(O)c6)c6ccc([nH]6)c(-c6cccc(O)c6)c6nc(c(-c7cccc(O)c7)c7ccc4[nH]7)C=C6)C=C5)c(F)c3F)nn2)C1. The summed E-state index contributed by atoms with van der Waals surface area (Å²) >= 11 is 0. The smallest absolute Gasteiger partial charge is 0.185 e. The molecular formula is C59H52F4N8O5. The van der Waals surface area contributed by atoms with E-state index in [4.69, 9.17) is 9.97 Å². The predicted octanol–water partition coefficient (Wildman–Crippen LogP) is 12.8. The van der Waals surface area contributed by atoms with Gasteiger partial charge in [0.1, 0.15) is 28.6 Å². The van der Waals surface area contributed by atoms with Crippen LogP contribution in [0, 0.1) is 29.2 Å². The number of phenolic OH excluding ortho intramolecular Hbond substituents is 3. The Balaban J connectivity index is 1.09. The average Bonchev–Trinajstić information content (AvgIpc) is 4.31. The van der Waals surface area contributed by atoms with E-state index in [1.54, 1.807) is 83.7 Å². The Morgan fingerprint density at radius 1 is 0.566 bits per heavy atom. The lowest BCUT2D eigenvalue weighted by Gasteiger charge is -2.27. The highest BCUT2D eigenvalue weighted by Crippen LogP contribution is 2.43. The number of phenols is 3. The second-order valence-corrected chi connectivity index (χ2v) is 19.4. The van der Waals surface area contributed by atoms with Crippen molar-refractivity contribution in [2.24, 2.45) is 5.92 Å². The van der Waals surface area contributed by atoms with Crippen molar-refractivity contribution < 1.29 is 43.1 Å². The van der Waals surface area contributed by atoms with E-state index in [0.717, 1.165) is 44.9 Å². The van der Waals surface area contributed by atoms with Gasteiger partial charge in [-0.3, -0.25) is 0 Å². The maximum atomic E-state index is 17.2. The maximum absolute atomic E-state index is 17.2. The third-order valence-corrected chi connectivity index (χ3v) is 14.5. The van der Waals surface area contributed by atoms with Crippen molar-refractivity contribution in [2.75, 3.05) is 11.9 Å². The van der Waals surface area contributed by atoms with E-state index in [1.165, 1.54) is 36.4 Å². The molecule has 11 rings (SSSR count). The summed E-state index contributed by atoms with van der Waals surface area (Å²) < 4.78 is 69.4. The van der Waals surface area contributed by atoms with E-state index in [2.05, 4.69) is 25.6 Å². The minimum Gasteiger partial charge on any atom is -0.508 e. The van der Waals surface area contributed by atoms with Crippen LogP contribution in [-0.4, -0.2) is 73.2 Å². The maximum Gasteiger partial charge on any atom is 0.185 e. The molecule has 8 bridgehead atoms. The van der Waals surface area contributed by atoms with Crippen molar-refractivity contribution in [3.05, 3.63) is 155 Å². The summed E-state index contributed by atoms with van der Waals surface area (Å²) in [6.45, 7) is -0.716. The highest BCUT2D eigenvalue weighted by molar-refractivity contribution is 6.00. The normalized spacial score (nSPS) is 16.2. The van der Waals surface area contributed by atoms with Crippen molar-refractivity contribution in [1.82, 2.24) is 34.9 Å². The standard InChI is InChI=1S/C59H52F4N8O5/c60-55-54(56(61)58(63)59(57(55)62)64-29-36-30-71(70-69-36)37-13-5-3-1-2-4-9-32(25-37)49(76)31-72)53-47-23-21-45(67-47)51(34-11-7-15-39(74)27-34)43-19-17-41(65-43)50(33-10-6-14-38(73)26-33)42-18-20-44(66-42)52(46-22-24-48(53)68-46)35-12-8-16-40(75)28-35/h6-8,10-12,14-24,26-28,30,32,37,49,64-65,68,72-76H,1-5,9,13,25,29,31H2. The summed E-state index contributed by atoms with van der Waals surface area (Å²) in [7, 11) is 0. The van der Waals surface area contributed by atoms with Gasteiger partial charge in [0.2, 0.25) is 0 Å². The topological polar surface area (TPSA) is 201 Å². The number of benzene rings is 4. The quantitative estimate of drug-likeness (QED) is 0.0481. The van der Waals surface area contributed by atoms with Gasteiger partial charge >= 0.3 is 0 Å². The number of nitrogens with zero attached hydrogens (tertiary/aromatic N) is 5.